The molecule has 0 aromatic heterocycles. The number of aliphatic imine (C=N–C) groups is 1. The van der Waals surface area contributed by atoms with Crippen molar-refractivity contribution in [1.82, 2.24) is 10.6 Å². The van der Waals surface area contributed by atoms with E-state index >= 15 is 0 Å². The maximum absolute atomic E-state index is 5.18. The molecule has 0 saturated carbocycles. The predicted octanol–water partition coefficient (Wildman–Crippen LogP) is 2.16. The van der Waals surface area contributed by atoms with Crippen molar-refractivity contribution in [2.45, 2.75) is 13.0 Å². The van der Waals surface area contributed by atoms with E-state index in [4.69, 9.17) is 6.42 Å². The summed E-state index contributed by atoms with van der Waals surface area (Å²) >= 11 is 0. The second-order valence-corrected chi connectivity index (χ2v) is 3.41. The summed E-state index contributed by atoms with van der Waals surface area (Å²) < 4.78 is 0. The minimum absolute atomic E-state index is 0. The molecular weight excluding hydrogens is 325 g/mol. The lowest BCUT2D eigenvalue weighted by atomic mass is 10.1. The first-order valence-corrected chi connectivity index (χ1v) is 5.23. The molecule has 0 heterocycles. The van der Waals surface area contributed by atoms with Crippen molar-refractivity contribution in [2.24, 2.45) is 4.99 Å². The van der Waals surface area contributed by atoms with Crippen molar-refractivity contribution in [3.63, 3.8) is 0 Å². The van der Waals surface area contributed by atoms with Gasteiger partial charge in [-0.3, -0.25) is 4.99 Å². The van der Waals surface area contributed by atoms with Gasteiger partial charge in [-0.25, -0.2) is 0 Å². The number of rotatable bonds is 3. The van der Waals surface area contributed by atoms with E-state index < -0.39 is 0 Å². The summed E-state index contributed by atoms with van der Waals surface area (Å²) in [4.78, 5) is 4.09. The van der Waals surface area contributed by atoms with Crippen LogP contribution in [-0.4, -0.2) is 19.6 Å². The molecule has 2 N–H and O–H groups in total. The zero-order chi connectivity index (χ0) is 11.8. The van der Waals surface area contributed by atoms with E-state index in [9.17, 15) is 0 Å². The van der Waals surface area contributed by atoms with Crippen molar-refractivity contribution < 1.29 is 0 Å². The third-order valence-electron chi connectivity index (χ3n) is 2.23. The molecule has 0 spiro atoms. The maximum Gasteiger partial charge on any atom is 0.192 e. The molecule has 0 amide bonds. The molecule has 0 radical (unpaired) electrons. The summed E-state index contributed by atoms with van der Waals surface area (Å²) in [6.07, 6.45) is 5.18. The van der Waals surface area contributed by atoms with Crippen LogP contribution in [0, 0.1) is 12.3 Å². The Labute approximate surface area is 120 Å². The van der Waals surface area contributed by atoms with Crippen molar-refractivity contribution in [1.29, 1.82) is 0 Å². The molecule has 3 nitrogen and oxygen atoms in total. The predicted molar refractivity (Wildman–Crippen MR) is 83.6 cm³/mol. The Balaban J connectivity index is 0.00000256. The standard InChI is InChI=1S/C13H17N3.HI/c1-4-10-15-13(14-3)16-11(2)12-8-6-5-7-9-12;/h1,5-9,11H,10H2,2-3H3,(H2,14,15,16);1H. The van der Waals surface area contributed by atoms with Crippen LogP contribution in [0.5, 0.6) is 0 Å². The van der Waals surface area contributed by atoms with Crippen molar-refractivity contribution in [3.8, 4) is 12.3 Å². The average molecular weight is 343 g/mol. The van der Waals surface area contributed by atoms with E-state index in [0.29, 0.717) is 12.5 Å². The van der Waals surface area contributed by atoms with E-state index in [1.807, 2.05) is 18.2 Å². The van der Waals surface area contributed by atoms with E-state index in [1.54, 1.807) is 7.05 Å². The van der Waals surface area contributed by atoms with Gasteiger partial charge in [0.15, 0.2) is 5.96 Å². The number of hydrogen-bond acceptors (Lipinski definition) is 1. The van der Waals surface area contributed by atoms with Crippen LogP contribution >= 0.6 is 24.0 Å². The average Bonchev–Trinajstić information content (AvgIpc) is 2.35. The van der Waals surface area contributed by atoms with Crippen molar-refractivity contribution in [2.75, 3.05) is 13.6 Å². The molecule has 0 aliphatic heterocycles. The summed E-state index contributed by atoms with van der Waals surface area (Å²) in [5, 5.41) is 6.28. The Kier molecular flexibility index (Phi) is 8.24. The second kappa shape index (κ2) is 8.88. The Morgan fingerprint density at radius 1 is 1.41 bits per heavy atom. The SMILES string of the molecule is C#CCNC(=NC)NC(C)c1ccccc1.I. The van der Waals surface area contributed by atoms with Crippen LogP contribution in [0.4, 0.5) is 0 Å². The van der Waals surface area contributed by atoms with Gasteiger partial charge >= 0.3 is 0 Å². The van der Waals surface area contributed by atoms with Crippen LogP contribution < -0.4 is 10.6 Å². The van der Waals surface area contributed by atoms with Gasteiger partial charge in [0, 0.05) is 7.05 Å². The number of nitrogens with one attached hydrogen (secondary N) is 2. The lowest BCUT2D eigenvalue weighted by Gasteiger charge is -2.17. The molecule has 0 saturated heterocycles. The summed E-state index contributed by atoms with van der Waals surface area (Å²) in [7, 11) is 1.73. The van der Waals surface area contributed by atoms with E-state index in [2.05, 4.69) is 40.6 Å². The normalized spacial score (nSPS) is 11.9. The topological polar surface area (TPSA) is 36.4 Å². The molecular formula is C13H18IN3. The third-order valence-corrected chi connectivity index (χ3v) is 2.23. The van der Waals surface area contributed by atoms with Gasteiger partial charge in [-0.15, -0.1) is 30.4 Å². The van der Waals surface area contributed by atoms with Gasteiger partial charge in [0.1, 0.15) is 0 Å². The maximum atomic E-state index is 5.18. The van der Waals surface area contributed by atoms with Gasteiger partial charge in [-0.05, 0) is 12.5 Å². The molecule has 1 atom stereocenters. The monoisotopic (exact) mass is 343 g/mol. The van der Waals surface area contributed by atoms with Gasteiger partial charge in [0.25, 0.3) is 0 Å². The Morgan fingerprint density at radius 2 is 2.06 bits per heavy atom. The molecule has 1 aromatic carbocycles. The number of halogens is 1. The number of terminal acetylenes is 1. The minimum atomic E-state index is 0. The quantitative estimate of drug-likeness (QED) is 0.382. The molecule has 1 unspecified atom stereocenters. The summed E-state index contributed by atoms with van der Waals surface area (Å²) in [6.45, 7) is 2.55. The summed E-state index contributed by atoms with van der Waals surface area (Å²) in [5.74, 6) is 3.23. The van der Waals surface area contributed by atoms with Crippen LogP contribution in [0.25, 0.3) is 0 Å². The highest BCUT2D eigenvalue weighted by Crippen LogP contribution is 2.10. The molecule has 0 bridgehead atoms. The zero-order valence-electron chi connectivity index (χ0n) is 10.1. The Hall–Kier alpha value is -1.22. The van der Waals surface area contributed by atoms with Gasteiger partial charge in [-0.2, -0.15) is 0 Å². The lowest BCUT2D eigenvalue weighted by molar-refractivity contribution is 0.695. The number of hydrogen-bond donors (Lipinski definition) is 2. The van der Waals surface area contributed by atoms with Crippen LogP contribution in [0.2, 0.25) is 0 Å². The minimum Gasteiger partial charge on any atom is -0.350 e. The largest absolute Gasteiger partial charge is 0.350 e. The molecule has 0 fully saturated rings. The fourth-order valence-corrected chi connectivity index (χ4v) is 1.36. The van der Waals surface area contributed by atoms with E-state index in [0.717, 1.165) is 0 Å². The lowest BCUT2D eigenvalue weighted by Crippen LogP contribution is -2.38. The van der Waals surface area contributed by atoms with E-state index in [-0.39, 0.29) is 30.0 Å². The van der Waals surface area contributed by atoms with Crippen LogP contribution in [0.3, 0.4) is 0 Å². The first kappa shape index (κ1) is 15.8. The first-order chi connectivity index (χ1) is 7.77. The Morgan fingerprint density at radius 3 is 2.59 bits per heavy atom. The zero-order valence-corrected chi connectivity index (χ0v) is 12.4. The molecule has 92 valence electrons. The van der Waals surface area contributed by atoms with E-state index in [1.165, 1.54) is 5.56 Å². The second-order valence-electron chi connectivity index (χ2n) is 3.41. The van der Waals surface area contributed by atoms with Crippen LogP contribution in [0.15, 0.2) is 35.3 Å². The van der Waals surface area contributed by atoms with Gasteiger partial charge in [0.2, 0.25) is 0 Å². The molecule has 1 aromatic rings. The molecule has 0 aliphatic carbocycles. The molecule has 0 aliphatic rings. The molecule has 1 rings (SSSR count). The van der Waals surface area contributed by atoms with Gasteiger partial charge in [0.05, 0.1) is 12.6 Å². The first-order valence-electron chi connectivity index (χ1n) is 5.23. The highest BCUT2D eigenvalue weighted by Gasteiger charge is 2.05. The van der Waals surface area contributed by atoms with Gasteiger partial charge < -0.3 is 10.6 Å². The fraction of sp³-hybridized carbons (Fsp3) is 0.308. The Bertz CT molecular complexity index is 381. The van der Waals surface area contributed by atoms with Crippen LogP contribution in [0.1, 0.15) is 18.5 Å². The van der Waals surface area contributed by atoms with Crippen molar-refractivity contribution in [3.05, 3.63) is 35.9 Å². The smallest absolute Gasteiger partial charge is 0.192 e. The third kappa shape index (κ3) is 5.59. The summed E-state index contributed by atoms with van der Waals surface area (Å²) in [6, 6.07) is 10.4. The van der Waals surface area contributed by atoms with Crippen LogP contribution in [-0.2, 0) is 0 Å². The molecule has 17 heavy (non-hydrogen) atoms. The van der Waals surface area contributed by atoms with Gasteiger partial charge in [-0.1, -0.05) is 36.3 Å². The molecule has 4 heteroatoms. The highest BCUT2D eigenvalue weighted by molar-refractivity contribution is 14.0. The number of benzene rings is 1. The van der Waals surface area contributed by atoms with Crippen molar-refractivity contribution >= 4 is 29.9 Å². The highest BCUT2D eigenvalue weighted by atomic mass is 127. The fourth-order valence-electron chi connectivity index (χ4n) is 1.36. The number of nitrogens with zero attached hydrogens (tertiary/aromatic N) is 1. The number of guanidine groups is 1. The summed E-state index contributed by atoms with van der Waals surface area (Å²) in [5.41, 5.74) is 1.21.